The zero-order chi connectivity index (χ0) is 14.4. The average molecular weight is 270 g/mol. The third-order valence-electron chi connectivity index (χ3n) is 3.04. The van der Waals surface area contributed by atoms with Gasteiger partial charge in [-0.15, -0.1) is 0 Å². The molecule has 3 N–H and O–H groups in total. The molecule has 0 fully saturated rings. The van der Waals surface area contributed by atoms with E-state index >= 15 is 0 Å². The lowest BCUT2D eigenvalue weighted by Crippen LogP contribution is -2.16. The first kappa shape index (κ1) is 14.1. The fourth-order valence-electron chi connectivity index (χ4n) is 2.01. The molecular weight excluding hydrogens is 252 g/mol. The topological polar surface area (TPSA) is 64.3 Å². The Morgan fingerprint density at radius 3 is 2.60 bits per heavy atom. The highest BCUT2D eigenvalue weighted by Crippen LogP contribution is 2.17. The van der Waals surface area contributed by atoms with Gasteiger partial charge in [0.1, 0.15) is 5.75 Å². The molecule has 0 unspecified atom stereocenters. The molecule has 2 aromatic carbocycles. The van der Waals surface area contributed by atoms with E-state index in [2.05, 4.69) is 5.32 Å². The number of rotatable bonds is 5. The summed E-state index contributed by atoms with van der Waals surface area (Å²) in [6, 6.07) is 15.0. The number of nitrogens with two attached hydrogens (primary N) is 1. The van der Waals surface area contributed by atoms with Crippen LogP contribution < -0.4 is 15.8 Å². The Hall–Kier alpha value is -2.33. The first-order valence-corrected chi connectivity index (χ1v) is 6.43. The second-order valence-corrected chi connectivity index (χ2v) is 4.43. The van der Waals surface area contributed by atoms with Crippen LogP contribution >= 0.6 is 0 Å². The zero-order valence-electron chi connectivity index (χ0n) is 11.4. The molecule has 0 aromatic heterocycles. The highest BCUT2D eigenvalue weighted by Gasteiger charge is 2.07. The van der Waals surface area contributed by atoms with Crippen LogP contribution in [-0.2, 0) is 17.8 Å². The summed E-state index contributed by atoms with van der Waals surface area (Å²) in [6.07, 6.45) is 0.310. The van der Waals surface area contributed by atoms with Gasteiger partial charge >= 0.3 is 0 Å². The summed E-state index contributed by atoms with van der Waals surface area (Å²) in [5.74, 6) is 0.643. The Labute approximate surface area is 118 Å². The first-order chi connectivity index (χ1) is 9.72. The molecule has 0 radical (unpaired) electrons. The number of hydrogen-bond acceptors (Lipinski definition) is 3. The normalized spacial score (nSPS) is 10.1. The van der Waals surface area contributed by atoms with Crippen molar-refractivity contribution in [2.24, 2.45) is 5.73 Å². The van der Waals surface area contributed by atoms with E-state index in [0.717, 1.165) is 16.8 Å². The van der Waals surface area contributed by atoms with Crippen molar-refractivity contribution < 1.29 is 9.53 Å². The average Bonchev–Trinajstić information content (AvgIpc) is 2.48. The number of carbonyl (C=O) groups is 1. The van der Waals surface area contributed by atoms with Crippen molar-refractivity contribution in [1.82, 2.24) is 0 Å². The van der Waals surface area contributed by atoms with Gasteiger partial charge in [-0.2, -0.15) is 0 Å². The molecule has 1 amide bonds. The van der Waals surface area contributed by atoms with E-state index in [4.69, 9.17) is 10.5 Å². The highest BCUT2D eigenvalue weighted by atomic mass is 16.5. The SMILES string of the molecule is COc1cccc(NC(=O)Cc2ccccc2CN)c1. The van der Waals surface area contributed by atoms with Gasteiger partial charge in [-0.3, -0.25) is 4.79 Å². The minimum atomic E-state index is -0.0702. The molecule has 0 aliphatic carbocycles. The molecule has 0 saturated carbocycles. The van der Waals surface area contributed by atoms with E-state index in [0.29, 0.717) is 18.7 Å². The van der Waals surface area contributed by atoms with Crippen LogP contribution in [0.5, 0.6) is 5.75 Å². The summed E-state index contributed by atoms with van der Waals surface area (Å²) in [6.45, 7) is 0.433. The molecular formula is C16H18N2O2. The number of amides is 1. The van der Waals surface area contributed by atoms with Gasteiger partial charge in [0.05, 0.1) is 13.5 Å². The van der Waals surface area contributed by atoms with Gasteiger partial charge in [0.2, 0.25) is 5.91 Å². The number of hydrogen-bond donors (Lipinski definition) is 2. The number of methoxy groups -OCH3 is 1. The van der Waals surface area contributed by atoms with Crippen LogP contribution in [0.3, 0.4) is 0 Å². The minimum Gasteiger partial charge on any atom is -0.497 e. The lowest BCUT2D eigenvalue weighted by molar-refractivity contribution is -0.115. The van der Waals surface area contributed by atoms with E-state index in [9.17, 15) is 4.79 Å². The van der Waals surface area contributed by atoms with E-state index in [1.807, 2.05) is 42.5 Å². The smallest absolute Gasteiger partial charge is 0.228 e. The Morgan fingerprint density at radius 1 is 1.15 bits per heavy atom. The Balaban J connectivity index is 2.05. The quantitative estimate of drug-likeness (QED) is 0.876. The fraction of sp³-hybridized carbons (Fsp3) is 0.188. The van der Waals surface area contributed by atoms with Crippen LogP contribution in [0.25, 0.3) is 0 Å². The van der Waals surface area contributed by atoms with Crippen LogP contribution in [-0.4, -0.2) is 13.0 Å². The number of ether oxygens (including phenoxy) is 1. The summed E-state index contributed by atoms with van der Waals surface area (Å²) in [7, 11) is 1.60. The largest absolute Gasteiger partial charge is 0.497 e. The third kappa shape index (κ3) is 3.59. The molecule has 2 rings (SSSR count). The summed E-state index contributed by atoms with van der Waals surface area (Å²) >= 11 is 0. The van der Waals surface area contributed by atoms with Crippen molar-refractivity contribution in [2.45, 2.75) is 13.0 Å². The molecule has 0 saturated heterocycles. The summed E-state index contributed by atoms with van der Waals surface area (Å²) in [5.41, 5.74) is 8.34. The molecule has 20 heavy (non-hydrogen) atoms. The monoisotopic (exact) mass is 270 g/mol. The van der Waals surface area contributed by atoms with Gasteiger partial charge in [-0.25, -0.2) is 0 Å². The van der Waals surface area contributed by atoms with Crippen molar-refractivity contribution in [3.05, 3.63) is 59.7 Å². The van der Waals surface area contributed by atoms with Gasteiger partial charge in [0.15, 0.2) is 0 Å². The van der Waals surface area contributed by atoms with Gasteiger partial charge in [0, 0.05) is 18.3 Å². The van der Waals surface area contributed by atoms with Crippen LogP contribution in [0.1, 0.15) is 11.1 Å². The molecule has 2 aromatic rings. The Bertz CT molecular complexity index is 597. The second-order valence-electron chi connectivity index (χ2n) is 4.43. The molecule has 0 bridgehead atoms. The molecule has 0 heterocycles. The second kappa shape index (κ2) is 6.73. The fourth-order valence-corrected chi connectivity index (χ4v) is 2.01. The lowest BCUT2D eigenvalue weighted by Gasteiger charge is -2.09. The van der Waals surface area contributed by atoms with Gasteiger partial charge in [-0.05, 0) is 23.3 Å². The minimum absolute atomic E-state index is 0.0702. The van der Waals surface area contributed by atoms with Crippen molar-refractivity contribution in [3.63, 3.8) is 0 Å². The highest BCUT2D eigenvalue weighted by molar-refractivity contribution is 5.92. The van der Waals surface area contributed by atoms with E-state index < -0.39 is 0 Å². The Kier molecular flexibility index (Phi) is 4.74. The maximum atomic E-state index is 12.1. The van der Waals surface area contributed by atoms with E-state index in [1.54, 1.807) is 13.2 Å². The number of anilines is 1. The summed E-state index contributed by atoms with van der Waals surface area (Å²) in [5, 5.41) is 2.86. The Morgan fingerprint density at radius 2 is 1.90 bits per heavy atom. The predicted octanol–water partition coefficient (Wildman–Crippen LogP) is 2.34. The maximum Gasteiger partial charge on any atom is 0.228 e. The molecule has 104 valence electrons. The van der Waals surface area contributed by atoms with Crippen molar-refractivity contribution in [2.75, 3.05) is 12.4 Å². The van der Waals surface area contributed by atoms with E-state index in [1.165, 1.54) is 0 Å². The van der Waals surface area contributed by atoms with Crippen LogP contribution in [0.4, 0.5) is 5.69 Å². The van der Waals surface area contributed by atoms with Crippen LogP contribution in [0.15, 0.2) is 48.5 Å². The standard InChI is InChI=1S/C16H18N2O2/c1-20-15-8-4-7-14(10-15)18-16(19)9-12-5-2-3-6-13(12)11-17/h2-8,10H,9,11,17H2,1H3,(H,18,19). The third-order valence-corrected chi connectivity index (χ3v) is 3.04. The van der Waals surface area contributed by atoms with E-state index in [-0.39, 0.29) is 5.91 Å². The molecule has 0 aliphatic heterocycles. The number of benzene rings is 2. The van der Waals surface area contributed by atoms with Crippen molar-refractivity contribution in [1.29, 1.82) is 0 Å². The lowest BCUT2D eigenvalue weighted by atomic mass is 10.0. The number of nitrogens with one attached hydrogen (secondary N) is 1. The van der Waals surface area contributed by atoms with Gasteiger partial charge in [-0.1, -0.05) is 30.3 Å². The first-order valence-electron chi connectivity index (χ1n) is 6.43. The summed E-state index contributed by atoms with van der Waals surface area (Å²) in [4.78, 5) is 12.1. The van der Waals surface area contributed by atoms with Crippen LogP contribution in [0, 0.1) is 0 Å². The zero-order valence-corrected chi connectivity index (χ0v) is 11.4. The number of carbonyl (C=O) groups excluding carboxylic acids is 1. The maximum absolute atomic E-state index is 12.1. The molecule has 4 heteroatoms. The van der Waals surface area contributed by atoms with Crippen molar-refractivity contribution in [3.8, 4) is 5.75 Å². The molecule has 0 atom stereocenters. The van der Waals surface area contributed by atoms with Crippen LogP contribution in [0.2, 0.25) is 0 Å². The predicted molar refractivity (Wildman–Crippen MR) is 79.7 cm³/mol. The molecule has 0 spiro atoms. The van der Waals surface area contributed by atoms with Gasteiger partial charge in [0.25, 0.3) is 0 Å². The molecule has 0 aliphatic rings. The summed E-state index contributed by atoms with van der Waals surface area (Å²) < 4.78 is 5.12. The van der Waals surface area contributed by atoms with Crippen molar-refractivity contribution >= 4 is 11.6 Å². The molecule has 4 nitrogen and oxygen atoms in total. The van der Waals surface area contributed by atoms with Gasteiger partial charge < -0.3 is 15.8 Å².